The van der Waals surface area contributed by atoms with E-state index in [1.54, 1.807) is 13.1 Å². The Morgan fingerprint density at radius 2 is 2.38 bits per heavy atom. The van der Waals surface area contributed by atoms with Crippen LogP contribution in [-0.2, 0) is 20.9 Å². The molecule has 1 amide bonds. The maximum atomic E-state index is 11.1. The number of anilines is 1. The molecule has 7 heteroatoms. The Morgan fingerprint density at radius 1 is 1.69 bits per heavy atom. The van der Waals surface area contributed by atoms with Crippen LogP contribution < -0.4 is 11.1 Å². The lowest BCUT2D eigenvalue weighted by Crippen LogP contribution is -2.26. The van der Waals surface area contributed by atoms with Gasteiger partial charge in [0.2, 0.25) is 5.91 Å². The number of ether oxygens (including phenoxy) is 1. The molecule has 1 aromatic rings. The number of hydrogen-bond acceptors (Lipinski definition) is 5. The van der Waals surface area contributed by atoms with Crippen molar-refractivity contribution in [3.8, 4) is 0 Å². The molecule has 0 bridgehead atoms. The van der Waals surface area contributed by atoms with Crippen molar-refractivity contribution in [3.05, 3.63) is 12.4 Å². The molecule has 1 heterocycles. The molecule has 0 aliphatic rings. The first-order valence-corrected chi connectivity index (χ1v) is 4.68. The van der Waals surface area contributed by atoms with E-state index in [1.807, 2.05) is 0 Å². The molecule has 3 N–H and O–H groups in total. The Kier molecular flexibility index (Phi) is 3.87. The van der Waals surface area contributed by atoms with E-state index in [-0.39, 0.29) is 12.5 Å². The number of hydrogen-bond donors (Lipinski definition) is 2. The number of carbonyl (C=O) groups excluding carboxylic acids is 2. The molecule has 16 heavy (non-hydrogen) atoms. The highest BCUT2D eigenvalue weighted by molar-refractivity contribution is 5.78. The Hall–Kier alpha value is -2.05. The van der Waals surface area contributed by atoms with Crippen LogP contribution in [0.5, 0.6) is 0 Å². The SMILES string of the molecule is COC(=O)C(C)Nc1cnn(CC(N)=O)c1. The van der Waals surface area contributed by atoms with Crippen molar-refractivity contribution < 1.29 is 14.3 Å². The number of amides is 1. The van der Waals surface area contributed by atoms with Crippen LogP contribution in [0.3, 0.4) is 0 Å². The minimum atomic E-state index is -0.476. The van der Waals surface area contributed by atoms with E-state index in [0.717, 1.165) is 0 Å². The normalized spacial score (nSPS) is 11.9. The summed E-state index contributed by atoms with van der Waals surface area (Å²) in [5.74, 6) is -0.849. The van der Waals surface area contributed by atoms with E-state index >= 15 is 0 Å². The average molecular weight is 226 g/mol. The first kappa shape index (κ1) is 12.0. The number of nitrogens with two attached hydrogens (primary N) is 1. The molecule has 0 radical (unpaired) electrons. The molecule has 1 atom stereocenters. The minimum absolute atomic E-state index is 0.00822. The quantitative estimate of drug-likeness (QED) is 0.649. The number of nitrogens with one attached hydrogen (secondary N) is 1. The molecular weight excluding hydrogens is 212 g/mol. The number of aromatic nitrogens is 2. The molecule has 0 aliphatic carbocycles. The molecule has 0 aliphatic heterocycles. The van der Waals surface area contributed by atoms with Crippen molar-refractivity contribution in [2.45, 2.75) is 19.5 Å². The van der Waals surface area contributed by atoms with Gasteiger partial charge in [0, 0.05) is 6.20 Å². The fraction of sp³-hybridized carbons (Fsp3) is 0.444. The number of esters is 1. The summed E-state index contributed by atoms with van der Waals surface area (Å²) in [6.07, 6.45) is 3.09. The molecule has 1 rings (SSSR count). The van der Waals surface area contributed by atoms with Crippen LogP contribution in [0.4, 0.5) is 5.69 Å². The van der Waals surface area contributed by atoms with Crippen LogP contribution in [0.15, 0.2) is 12.4 Å². The Bertz CT molecular complexity index is 388. The lowest BCUT2D eigenvalue weighted by atomic mass is 10.3. The van der Waals surface area contributed by atoms with E-state index in [0.29, 0.717) is 5.69 Å². The molecule has 0 fully saturated rings. The zero-order chi connectivity index (χ0) is 12.1. The molecule has 0 aromatic carbocycles. The zero-order valence-electron chi connectivity index (χ0n) is 9.14. The van der Waals surface area contributed by atoms with E-state index in [9.17, 15) is 9.59 Å². The van der Waals surface area contributed by atoms with Gasteiger partial charge in [0.25, 0.3) is 0 Å². The summed E-state index contributed by atoms with van der Waals surface area (Å²) in [7, 11) is 1.32. The van der Waals surface area contributed by atoms with Gasteiger partial charge in [-0.1, -0.05) is 0 Å². The third kappa shape index (κ3) is 3.26. The average Bonchev–Trinajstić information content (AvgIpc) is 2.63. The fourth-order valence-corrected chi connectivity index (χ4v) is 1.17. The predicted octanol–water partition coefficient (Wildman–Crippen LogP) is -0.658. The van der Waals surface area contributed by atoms with Gasteiger partial charge in [-0.2, -0.15) is 5.10 Å². The van der Waals surface area contributed by atoms with E-state index in [2.05, 4.69) is 15.2 Å². The van der Waals surface area contributed by atoms with Gasteiger partial charge in [-0.25, -0.2) is 4.79 Å². The maximum absolute atomic E-state index is 11.1. The zero-order valence-corrected chi connectivity index (χ0v) is 9.14. The molecular formula is C9H14N4O3. The summed E-state index contributed by atoms with van der Waals surface area (Å²) in [6, 6.07) is -0.476. The van der Waals surface area contributed by atoms with E-state index < -0.39 is 11.9 Å². The lowest BCUT2D eigenvalue weighted by molar-refractivity contribution is -0.141. The number of methoxy groups -OCH3 is 1. The molecule has 0 saturated carbocycles. The van der Waals surface area contributed by atoms with Gasteiger partial charge >= 0.3 is 5.97 Å². The largest absolute Gasteiger partial charge is 0.467 e. The second-order valence-electron chi connectivity index (χ2n) is 3.28. The van der Waals surface area contributed by atoms with E-state index in [1.165, 1.54) is 18.0 Å². The molecule has 0 spiro atoms. The highest BCUT2D eigenvalue weighted by atomic mass is 16.5. The minimum Gasteiger partial charge on any atom is -0.467 e. The van der Waals surface area contributed by atoms with E-state index in [4.69, 9.17) is 5.73 Å². The van der Waals surface area contributed by atoms with Gasteiger partial charge in [0.15, 0.2) is 0 Å². The predicted molar refractivity (Wildman–Crippen MR) is 56.5 cm³/mol. The molecule has 88 valence electrons. The highest BCUT2D eigenvalue weighted by Gasteiger charge is 2.13. The van der Waals surface area contributed by atoms with Gasteiger partial charge in [-0.15, -0.1) is 0 Å². The summed E-state index contributed by atoms with van der Waals surface area (Å²) < 4.78 is 5.94. The van der Waals surface area contributed by atoms with Crippen LogP contribution in [-0.4, -0.2) is 34.8 Å². The van der Waals surface area contributed by atoms with Crippen molar-refractivity contribution in [2.75, 3.05) is 12.4 Å². The first-order chi connectivity index (χ1) is 7.52. The standard InChI is InChI=1S/C9H14N4O3/c1-6(9(15)16-2)12-7-3-11-13(4-7)5-8(10)14/h3-4,6,12H,5H2,1-2H3,(H2,10,14). The molecule has 1 unspecified atom stereocenters. The van der Waals surface area contributed by atoms with Crippen LogP contribution in [0.1, 0.15) is 6.92 Å². The van der Waals surface area contributed by atoms with Crippen LogP contribution in [0.2, 0.25) is 0 Å². The van der Waals surface area contributed by atoms with Crippen molar-refractivity contribution in [3.63, 3.8) is 0 Å². The number of nitrogens with zero attached hydrogens (tertiary/aromatic N) is 2. The van der Waals surface area contributed by atoms with Crippen molar-refractivity contribution in [2.24, 2.45) is 5.73 Å². The summed E-state index contributed by atoms with van der Waals surface area (Å²) in [6.45, 7) is 1.67. The Labute approximate surface area is 92.6 Å². The summed E-state index contributed by atoms with van der Waals surface area (Å²) in [5, 5.41) is 6.77. The third-order valence-corrected chi connectivity index (χ3v) is 1.89. The molecule has 1 aromatic heterocycles. The van der Waals surface area contributed by atoms with Crippen LogP contribution in [0.25, 0.3) is 0 Å². The second-order valence-corrected chi connectivity index (χ2v) is 3.28. The van der Waals surface area contributed by atoms with Crippen LogP contribution in [0, 0.1) is 0 Å². The van der Waals surface area contributed by atoms with Crippen molar-refractivity contribution in [1.82, 2.24) is 9.78 Å². The Balaban J connectivity index is 2.58. The van der Waals surface area contributed by atoms with Gasteiger partial charge in [-0.05, 0) is 6.92 Å². The highest BCUT2D eigenvalue weighted by Crippen LogP contribution is 2.07. The lowest BCUT2D eigenvalue weighted by Gasteiger charge is -2.10. The smallest absolute Gasteiger partial charge is 0.327 e. The number of rotatable bonds is 5. The topological polar surface area (TPSA) is 99.2 Å². The van der Waals surface area contributed by atoms with Crippen molar-refractivity contribution >= 4 is 17.6 Å². The summed E-state index contributed by atoms with van der Waals surface area (Å²) in [5.41, 5.74) is 5.63. The second kappa shape index (κ2) is 5.15. The first-order valence-electron chi connectivity index (χ1n) is 4.68. The van der Waals surface area contributed by atoms with Crippen molar-refractivity contribution in [1.29, 1.82) is 0 Å². The van der Waals surface area contributed by atoms with Gasteiger partial charge in [0.1, 0.15) is 12.6 Å². The fourth-order valence-electron chi connectivity index (χ4n) is 1.17. The third-order valence-electron chi connectivity index (χ3n) is 1.89. The van der Waals surface area contributed by atoms with Gasteiger partial charge in [0.05, 0.1) is 19.0 Å². The monoisotopic (exact) mass is 226 g/mol. The summed E-state index contributed by atoms with van der Waals surface area (Å²) >= 11 is 0. The summed E-state index contributed by atoms with van der Waals surface area (Å²) in [4.78, 5) is 21.7. The number of primary amides is 1. The van der Waals surface area contributed by atoms with Gasteiger partial charge in [-0.3, -0.25) is 9.48 Å². The molecule has 0 saturated heterocycles. The number of carbonyl (C=O) groups is 2. The molecule has 7 nitrogen and oxygen atoms in total. The van der Waals surface area contributed by atoms with Crippen LogP contribution >= 0.6 is 0 Å². The van der Waals surface area contributed by atoms with Gasteiger partial charge < -0.3 is 15.8 Å². The maximum Gasteiger partial charge on any atom is 0.327 e. The Morgan fingerprint density at radius 3 is 2.94 bits per heavy atom.